The van der Waals surface area contributed by atoms with Crippen molar-refractivity contribution in [2.45, 2.75) is 19.9 Å². The van der Waals surface area contributed by atoms with Crippen molar-refractivity contribution in [1.82, 2.24) is 20.2 Å². The molecule has 0 unspecified atom stereocenters. The smallest absolute Gasteiger partial charge is 0.276 e. The molecule has 1 aliphatic heterocycles. The van der Waals surface area contributed by atoms with Gasteiger partial charge < -0.3 is 10.3 Å². The molecule has 3 heterocycles. The maximum atomic E-state index is 12.3. The number of fused-ring (bicyclic) bond motifs is 1. The molecule has 0 bridgehead atoms. The van der Waals surface area contributed by atoms with Crippen LogP contribution in [0.15, 0.2) is 30.2 Å². The summed E-state index contributed by atoms with van der Waals surface area (Å²) < 4.78 is 0. The van der Waals surface area contributed by atoms with Crippen LogP contribution in [-0.2, 0) is 4.79 Å². The molecule has 0 aromatic carbocycles. The van der Waals surface area contributed by atoms with Gasteiger partial charge in [0.25, 0.3) is 5.91 Å². The molecular formula is C14H14N4OS. The second-order valence-electron chi connectivity index (χ2n) is 4.90. The Balaban J connectivity index is 2.01. The Labute approximate surface area is 121 Å². The topological polar surface area (TPSA) is 61.0 Å². The van der Waals surface area contributed by atoms with E-state index in [9.17, 15) is 4.79 Å². The lowest BCUT2D eigenvalue weighted by Gasteiger charge is -2.17. The fourth-order valence-electron chi connectivity index (χ4n) is 2.26. The molecule has 0 saturated carbocycles. The predicted octanol–water partition coefficient (Wildman–Crippen LogP) is 2.03. The van der Waals surface area contributed by atoms with Crippen LogP contribution < -0.4 is 5.32 Å². The van der Waals surface area contributed by atoms with E-state index in [0.717, 1.165) is 16.6 Å². The van der Waals surface area contributed by atoms with Gasteiger partial charge in [-0.15, -0.1) is 0 Å². The average Bonchev–Trinajstić information content (AvgIpc) is 2.93. The molecule has 6 heteroatoms. The van der Waals surface area contributed by atoms with Gasteiger partial charge in [0.05, 0.1) is 11.0 Å². The highest BCUT2D eigenvalue weighted by Crippen LogP contribution is 2.21. The van der Waals surface area contributed by atoms with Gasteiger partial charge in [-0.3, -0.25) is 14.7 Å². The van der Waals surface area contributed by atoms with Gasteiger partial charge in [-0.05, 0) is 44.3 Å². The average molecular weight is 286 g/mol. The van der Waals surface area contributed by atoms with Crippen molar-refractivity contribution < 1.29 is 4.79 Å². The Morgan fingerprint density at radius 1 is 1.45 bits per heavy atom. The zero-order valence-electron chi connectivity index (χ0n) is 11.2. The first-order valence-electron chi connectivity index (χ1n) is 6.36. The molecule has 2 N–H and O–H groups in total. The zero-order chi connectivity index (χ0) is 14.3. The van der Waals surface area contributed by atoms with Gasteiger partial charge >= 0.3 is 0 Å². The first kappa shape index (κ1) is 12.8. The minimum absolute atomic E-state index is 0.0366. The van der Waals surface area contributed by atoms with Crippen LogP contribution >= 0.6 is 12.2 Å². The molecule has 2 aromatic heterocycles. The highest BCUT2D eigenvalue weighted by atomic mass is 32.1. The van der Waals surface area contributed by atoms with Crippen LogP contribution in [0.2, 0.25) is 0 Å². The highest BCUT2D eigenvalue weighted by Gasteiger charge is 2.32. The van der Waals surface area contributed by atoms with E-state index < -0.39 is 0 Å². The molecule has 3 rings (SSSR count). The molecule has 0 spiro atoms. The summed E-state index contributed by atoms with van der Waals surface area (Å²) in [6.45, 7) is 3.87. The lowest BCUT2D eigenvalue weighted by Crippen LogP contribution is -2.36. The van der Waals surface area contributed by atoms with E-state index >= 15 is 0 Å². The fourth-order valence-corrected chi connectivity index (χ4v) is 2.66. The number of carbonyl (C=O) groups excluding carboxylic acids is 1. The fraction of sp³-hybridized carbons (Fsp3) is 0.214. The number of rotatable bonds is 2. The van der Waals surface area contributed by atoms with E-state index in [1.807, 2.05) is 32.2 Å². The monoisotopic (exact) mass is 286 g/mol. The molecule has 102 valence electrons. The van der Waals surface area contributed by atoms with Gasteiger partial charge in [0.1, 0.15) is 5.70 Å². The number of amides is 1. The molecule has 0 atom stereocenters. The third-order valence-electron chi connectivity index (χ3n) is 3.19. The predicted molar refractivity (Wildman–Crippen MR) is 81.8 cm³/mol. The maximum Gasteiger partial charge on any atom is 0.276 e. The van der Waals surface area contributed by atoms with Crippen LogP contribution in [0, 0.1) is 0 Å². The summed E-state index contributed by atoms with van der Waals surface area (Å²) in [6, 6.07) is 3.85. The molecule has 20 heavy (non-hydrogen) atoms. The van der Waals surface area contributed by atoms with Gasteiger partial charge in [-0.2, -0.15) is 0 Å². The Morgan fingerprint density at radius 2 is 2.25 bits per heavy atom. The molecule has 5 nitrogen and oxygen atoms in total. The Kier molecular flexibility index (Phi) is 3.02. The van der Waals surface area contributed by atoms with Crippen LogP contribution in [-0.4, -0.2) is 31.9 Å². The number of thiocarbonyl (C=S) groups is 1. The van der Waals surface area contributed by atoms with Crippen LogP contribution in [0.4, 0.5) is 0 Å². The largest absolute Gasteiger partial charge is 0.359 e. The Hall–Kier alpha value is -2.21. The molecule has 0 aliphatic carbocycles. The number of nitrogens with one attached hydrogen (secondary N) is 2. The van der Waals surface area contributed by atoms with Crippen LogP contribution in [0.3, 0.4) is 0 Å². The molecule has 0 radical (unpaired) electrons. The van der Waals surface area contributed by atoms with Crippen molar-refractivity contribution in [2.75, 3.05) is 0 Å². The third kappa shape index (κ3) is 1.98. The van der Waals surface area contributed by atoms with Crippen molar-refractivity contribution in [3.8, 4) is 0 Å². The number of aromatic nitrogens is 2. The van der Waals surface area contributed by atoms with Gasteiger partial charge in [-0.1, -0.05) is 0 Å². The number of aromatic amines is 1. The standard InChI is InChI=1S/C14H14N4OS/c1-8(2)18-13(19)11(17-14(18)20)6-9-7-16-10-4-3-5-15-12(9)10/h3-8,16H,1-2H3,(H,17,20)/b11-6-. The summed E-state index contributed by atoms with van der Waals surface area (Å²) in [5.41, 5.74) is 3.12. The first-order chi connectivity index (χ1) is 9.58. The number of H-pyrrole nitrogens is 1. The van der Waals surface area contributed by atoms with Gasteiger partial charge in [-0.25, -0.2) is 0 Å². The van der Waals surface area contributed by atoms with Crippen LogP contribution in [0.1, 0.15) is 19.4 Å². The van der Waals surface area contributed by atoms with E-state index in [0.29, 0.717) is 10.8 Å². The second-order valence-corrected chi connectivity index (χ2v) is 5.29. The van der Waals surface area contributed by atoms with Gasteiger partial charge in [0, 0.05) is 24.0 Å². The highest BCUT2D eigenvalue weighted by molar-refractivity contribution is 7.80. The molecule has 1 fully saturated rings. The van der Waals surface area contributed by atoms with E-state index in [1.165, 1.54) is 0 Å². The maximum absolute atomic E-state index is 12.3. The Bertz CT molecular complexity index is 732. The minimum Gasteiger partial charge on any atom is -0.359 e. The van der Waals surface area contributed by atoms with Gasteiger partial charge in [0.2, 0.25) is 0 Å². The number of hydrogen-bond donors (Lipinski definition) is 2. The van der Waals surface area contributed by atoms with Crippen molar-refractivity contribution in [1.29, 1.82) is 0 Å². The minimum atomic E-state index is -0.102. The van der Waals surface area contributed by atoms with E-state index in [2.05, 4.69) is 15.3 Å². The number of pyridine rings is 1. The van der Waals surface area contributed by atoms with Crippen LogP contribution in [0.5, 0.6) is 0 Å². The first-order valence-corrected chi connectivity index (χ1v) is 6.77. The molecular weight excluding hydrogens is 272 g/mol. The zero-order valence-corrected chi connectivity index (χ0v) is 12.0. The number of hydrogen-bond acceptors (Lipinski definition) is 3. The van der Waals surface area contributed by atoms with Gasteiger partial charge in [0.15, 0.2) is 5.11 Å². The third-order valence-corrected chi connectivity index (χ3v) is 3.49. The molecule has 1 aliphatic rings. The summed E-state index contributed by atoms with van der Waals surface area (Å²) >= 11 is 5.19. The lowest BCUT2D eigenvalue weighted by atomic mass is 10.2. The summed E-state index contributed by atoms with van der Waals surface area (Å²) in [7, 11) is 0. The molecule has 1 amide bonds. The summed E-state index contributed by atoms with van der Waals surface area (Å²) in [4.78, 5) is 21.3. The molecule has 2 aromatic rings. The summed E-state index contributed by atoms with van der Waals surface area (Å²) in [5, 5.41) is 3.41. The van der Waals surface area contributed by atoms with E-state index in [-0.39, 0.29) is 11.9 Å². The second kappa shape index (κ2) is 4.72. The van der Waals surface area contributed by atoms with Crippen molar-refractivity contribution in [3.05, 3.63) is 35.8 Å². The number of carbonyl (C=O) groups is 1. The summed E-state index contributed by atoms with van der Waals surface area (Å²) in [5.74, 6) is -0.102. The Morgan fingerprint density at radius 3 is 2.95 bits per heavy atom. The lowest BCUT2D eigenvalue weighted by molar-refractivity contribution is -0.123. The quantitative estimate of drug-likeness (QED) is 0.655. The van der Waals surface area contributed by atoms with Crippen molar-refractivity contribution in [2.24, 2.45) is 0 Å². The molecule has 1 saturated heterocycles. The SMILES string of the molecule is CC(C)N1C(=O)/C(=C/c2c[nH]c3cccnc23)NC1=S. The van der Waals surface area contributed by atoms with Crippen molar-refractivity contribution in [3.63, 3.8) is 0 Å². The van der Waals surface area contributed by atoms with E-state index in [1.54, 1.807) is 17.2 Å². The van der Waals surface area contributed by atoms with Crippen molar-refractivity contribution >= 4 is 40.3 Å². The number of nitrogens with zero attached hydrogens (tertiary/aromatic N) is 2. The van der Waals surface area contributed by atoms with E-state index in [4.69, 9.17) is 12.2 Å². The summed E-state index contributed by atoms with van der Waals surface area (Å²) in [6.07, 6.45) is 5.34. The van der Waals surface area contributed by atoms with Crippen LogP contribution in [0.25, 0.3) is 17.1 Å². The normalized spacial score (nSPS) is 17.6.